The van der Waals surface area contributed by atoms with Crippen molar-refractivity contribution in [1.82, 2.24) is 5.32 Å². The molecule has 114 valence electrons. The van der Waals surface area contributed by atoms with Gasteiger partial charge in [0.1, 0.15) is 23.4 Å². The lowest BCUT2D eigenvalue weighted by molar-refractivity contribution is 0.146. The predicted octanol–water partition coefficient (Wildman–Crippen LogP) is 4.02. The summed E-state index contributed by atoms with van der Waals surface area (Å²) in [7, 11) is 0. The van der Waals surface area contributed by atoms with Crippen molar-refractivity contribution in [2.24, 2.45) is 0 Å². The van der Waals surface area contributed by atoms with Crippen LogP contribution < -0.4 is 5.32 Å². The van der Waals surface area contributed by atoms with Gasteiger partial charge in [-0.1, -0.05) is 23.7 Å². The first-order valence-electron chi connectivity index (χ1n) is 7.00. The number of halogens is 1. The lowest BCUT2D eigenvalue weighted by atomic mass is 10.2. The van der Waals surface area contributed by atoms with E-state index in [0.717, 1.165) is 17.1 Å². The van der Waals surface area contributed by atoms with Crippen LogP contribution in [-0.4, -0.2) is 11.7 Å². The molecular weight excluding hydrogens is 302 g/mol. The molecule has 0 aliphatic rings. The molecule has 2 heterocycles. The molecule has 2 N–H and O–H groups in total. The summed E-state index contributed by atoms with van der Waals surface area (Å²) in [5, 5.41) is 13.7. The molecular formula is C17H16ClNO3. The van der Waals surface area contributed by atoms with Crippen LogP contribution in [0.2, 0.25) is 5.02 Å². The number of hydrogen-bond acceptors (Lipinski definition) is 4. The van der Waals surface area contributed by atoms with Gasteiger partial charge in [-0.3, -0.25) is 0 Å². The molecule has 0 aliphatic carbocycles. The highest BCUT2D eigenvalue weighted by atomic mass is 35.5. The topological polar surface area (TPSA) is 58.5 Å². The van der Waals surface area contributed by atoms with E-state index in [0.29, 0.717) is 23.9 Å². The Labute approximate surface area is 133 Å². The summed E-state index contributed by atoms with van der Waals surface area (Å²) < 4.78 is 10.9. The van der Waals surface area contributed by atoms with Crippen LogP contribution in [0.5, 0.6) is 0 Å². The van der Waals surface area contributed by atoms with Gasteiger partial charge in [-0.2, -0.15) is 0 Å². The van der Waals surface area contributed by atoms with Gasteiger partial charge in [0.15, 0.2) is 0 Å². The zero-order valence-electron chi connectivity index (χ0n) is 11.8. The highest BCUT2D eigenvalue weighted by Gasteiger charge is 2.11. The summed E-state index contributed by atoms with van der Waals surface area (Å²) >= 11 is 6.15. The first-order valence-corrected chi connectivity index (χ1v) is 7.37. The molecule has 0 amide bonds. The number of aliphatic hydroxyl groups is 1. The van der Waals surface area contributed by atoms with Crippen LogP contribution in [0.1, 0.15) is 17.6 Å². The third kappa shape index (κ3) is 3.42. The van der Waals surface area contributed by atoms with E-state index in [2.05, 4.69) is 5.32 Å². The number of benzene rings is 1. The van der Waals surface area contributed by atoms with Gasteiger partial charge in [0.05, 0.1) is 17.8 Å². The number of nitrogens with one attached hydrogen (secondary N) is 1. The van der Waals surface area contributed by atoms with Crippen LogP contribution in [0.25, 0.3) is 11.3 Å². The van der Waals surface area contributed by atoms with Crippen LogP contribution in [-0.2, 0) is 6.54 Å². The maximum Gasteiger partial charge on any atom is 0.135 e. The Morgan fingerprint density at radius 1 is 1.09 bits per heavy atom. The maximum absolute atomic E-state index is 9.90. The number of aliphatic hydroxyl groups excluding tert-OH is 1. The molecule has 0 radical (unpaired) electrons. The van der Waals surface area contributed by atoms with Crippen LogP contribution >= 0.6 is 11.6 Å². The summed E-state index contributed by atoms with van der Waals surface area (Å²) in [6, 6.07) is 14.8. The van der Waals surface area contributed by atoms with Gasteiger partial charge in [0, 0.05) is 12.1 Å². The van der Waals surface area contributed by atoms with Gasteiger partial charge in [0.25, 0.3) is 0 Å². The molecule has 2 aromatic heterocycles. The SMILES string of the molecule is OC(CNCc1ccc(-c2ccccc2Cl)o1)c1ccco1. The molecule has 5 heteroatoms. The van der Waals surface area contributed by atoms with Gasteiger partial charge in [-0.25, -0.2) is 0 Å². The third-order valence-corrected chi connectivity index (χ3v) is 3.64. The van der Waals surface area contributed by atoms with Crippen molar-refractivity contribution in [2.75, 3.05) is 6.54 Å². The number of rotatable bonds is 6. The van der Waals surface area contributed by atoms with Gasteiger partial charge in [0.2, 0.25) is 0 Å². The summed E-state index contributed by atoms with van der Waals surface area (Å²) in [5.74, 6) is 2.05. The summed E-state index contributed by atoms with van der Waals surface area (Å²) in [4.78, 5) is 0. The van der Waals surface area contributed by atoms with E-state index in [1.165, 1.54) is 0 Å². The van der Waals surface area contributed by atoms with E-state index in [-0.39, 0.29) is 0 Å². The van der Waals surface area contributed by atoms with Crippen molar-refractivity contribution in [1.29, 1.82) is 0 Å². The molecule has 1 aromatic carbocycles. The van der Waals surface area contributed by atoms with Crippen molar-refractivity contribution in [3.63, 3.8) is 0 Å². The Hall–Kier alpha value is -2.01. The molecule has 0 saturated carbocycles. The van der Waals surface area contributed by atoms with Crippen molar-refractivity contribution in [3.8, 4) is 11.3 Å². The van der Waals surface area contributed by atoms with Gasteiger partial charge < -0.3 is 19.3 Å². The first-order chi connectivity index (χ1) is 10.7. The molecule has 1 unspecified atom stereocenters. The lowest BCUT2D eigenvalue weighted by Gasteiger charge is -2.08. The molecule has 0 bridgehead atoms. The van der Waals surface area contributed by atoms with Gasteiger partial charge >= 0.3 is 0 Å². The molecule has 0 saturated heterocycles. The second-order valence-electron chi connectivity index (χ2n) is 4.91. The standard InChI is InChI=1S/C17H16ClNO3/c18-14-5-2-1-4-13(14)16-8-7-12(22-16)10-19-11-15(20)17-6-3-9-21-17/h1-9,15,19-20H,10-11H2. The minimum atomic E-state index is -0.673. The van der Waals surface area contributed by atoms with Crippen LogP contribution in [0, 0.1) is 0 Å². The first kappa shape index (κ1) is 14.9. The Bertz CT molecular complexity index is 721. The van der Waals surface area contributed by atoms with Crippen LogP contribution in [0.15, 0.2) is 63.6 Å². The third-order valence-electron chi connectivity index (χ3n) is 3.31. The van der Waals surface area contributed by atoms with Gasteiger partial charge in [-0.05, 0) is 36.4 Å². The minimum absolute atomic E-state index is 0.385. The fourth-order valence-corrected chi connectivity index (χ4v) is 2.42. The normalized spacial score (nSPS) is 12.5. The zero-order valence-corrected chi connectivity index (χ0v) is 12.6. The Balaban J connectivity index is 1.57. The van der Waals surface area contributed by atoms with Crippen LogP contribution in [0.4, 0.5) is 0 Å². The maximum atomic E-state index is 9.90. The van der Waals surface area contributed by atoms with Crippen LogP contribution in [0.3, 0.4) is 0 Å². The minimum Gasteiger partial charge on any atom is -0.467 e. The van der Waals surface area contributed by atoms with E-state index in [1.54, 1.807) is 18.4 Å². The van der Waals surface area contributed by atoms with Crippen molar-refractivity contribution in [2.45, 2.75) is 12.6 Å². The average molecular weight is 318 g/mol. The van der Waals surface area contributed by atoms with E-state index in [9.17, 15) is 5.11 Å². The molecule has 4 nitrogen and oxygen atoms in total. The van der Waals surface area contributed by atoms with E-state index < -0.39 is 6.10 Å². The average Bonchev–Trinajstić information content (AvgIpc) is 3.19. The summed E-state index contributed by atoms with van der Waals surface area (Å²) in [6.07, 6.45) is 0.869. The van der Waals surface area contributed by atoms with Crippen molar-refractivity contribution < 1.29 is 13.9 Å². The summed E-state index contributed by atoms with van der Waals surface area (Å²) in [5.41, 5.74) is 0.867. The van der Waals surface area contributed by atoms with Gasteiger partial charge in [-0.15, -0.1) is 0 Å². The predicted molar refractivity (Wildman–Crippen MR) is 84.5 cm³/mol. The Morgan fingerprint density at radius 3 is 2.73 bits per heavy atom. The van der Waals surface area contributed by atoms with E-state index >= 15 is 0 Å². The second kappa shape index (κ2) is 6.83. The zero-order chi connectivity index (χ0) is 15.4. The fraction of sp³-hybridized carbons (Fsp3) is 0.176. The van der Waals surface area contributed by atoms with Crippen molar-refractivity contribution >= 4 is 11.6 Å². The van der Waals surface area contributed by atoms with Crippen molar-refractivity contribution in [3.05, 3.63) is 71.3 Å². The molecule has 3 rings (SSSR count). The smallest absolute Gasteiger partial charge is 0.135 e. The Morgan fingerprint density at radius 2 is 1.95 bits per heavy atom. The largest absolute Gasteiger partial charge is 0.467 e. The Kier molecular flexibility index (Phi) is 4.63. The second-order valence-corrected chi connectivity index (χ2v) is 5.32. The van der Waals surface area contributed by atoms with E-state index in [4.69, 9.17) is 20.4 Å². The summed E-state index contributed by atoms with van der Waals surface area (Å²) in [6.45, 7) is 0.901. The number of furan rings is 2. The molecule has 0 spiro atoms. The highest BCUT2D eigenvalue weighted by molar-refractivity contribution is 6.33. The quantitative estimate of drug-likeness (QED) is 0.721. The lowest BCUT2D eigenvalue weighted by Crippen LogP contribution is -2.20. The highest BCUT2D eigenvalue weighted by Crippen LogP contribution is 2.29. The monoisotopic (exact) mass is 317 g/mol. The fourth-order valence-electron chi connectivity index (χ4n) is 2.19. The molecule has 0 aliphatic heterocycles. The van der Waals surface area contributed by atoms with E-state index in [1.807, 2.05) is 36.4 Å². The molecule has 0 fully saturated rings. The molecule has 22 heavy (non-hydrogen) atoms. The molecule has 3 aromatic rings. The molecule has 1 atom stereocenters. The number of hydrogen-bond donors (Lipinski definition) is 2.